The molecule has 0 fully saturated rings. The van der Waals surface area contributed by atoms with Crippen LogP contribution in [0.4, 0.5) is 0 Å². The second-order valence-corrected chi connectivity index (χ2v) is 3.48. The number of H-pyrrole nitrogens is 1. The van der Waals surface area contributed by atoms with Crippen LogP contribution in [0.3, 0.4) is 0 Å². The minimum absolute atomic E-state index is 0.601. The zero-order chi connectivity index (χ0) is 10.3. The highest BCUT2D eigenvalue weighted by molar-refractivity contribution is 5.76. The number of nitrogens with zero attached hydrogens (tertiary/aromatic N) is 2. The third-order valence-corrected chi connectivity index (χ3v) is 2.29. The molecule has 0 aliphatic carbocycles. The molecule has 0 aliphatic rings. The van der Waals surface area contributed by atoms with E-state index in [-0.39, 0.29) is 0 Å². The number of hydrogen-bond acceptors (Lipinski definition) is 3. The number of aromatic amines is 1. The van der Waals surface area contributed by atoms with Gasteiger partial charge in [0.25, 0.3) is 0 Å². The van der Waals surface area contributed by atoms with Gasteiger partial charge in [-0.3, -0.25) is 5.10 Å². The number of nitrogens with one attached hydrogen (secondary N) is 1. The topological polar surface area (TPSA) is 54.7 Å². The van der Waals surface area contributed by atoms with Gasteiger partial charge >= 0.3 is 0 Å². The molecule has 0 unspecified atom stereocenters. The summed E-state index contributed by atoms with van der Waals surface area (Å²) in [5.74, 6) is 0.601. The van der Waals surface area contributed by atoms with Crippen LogP contribution in [-0.4, -0.2) is 15.2 Å². The Bertz CT molecular complexity index is 595. The van der Waals surface area contributed by atoms with E-state index in [0.29, 0.717) is 5.89 Å². The fourth-order valence-electron chi connectivity index (χ4n) is 1.53. The van der Waals surface area contributed by atoms with Crippen LogP contribution in [-0.2, 0) is 0 Å². The molecule has 4 heteroatoms. The van der Waals surface area contributed by atoms with Gasteiger partial charge in [-0.2, -0.15) is 5.10 Å². The Kier molecular flexibility index (Phi) is 1.62. The summed E-state index contributed by atoms with van der Waals surface area (Å²) < 4.78 is 5.60. The van der Waals surface area contributed by atoms with E-state index >= 15 is 0 Å². The quantitative estimate of drug-likeness (QED) is 0.655. The zero-order valence-electron chi connectivity index (χ0n) is 8.19. The van der Waals surface area contributed by atoms with E-state index in [2.05, 4.69) is 15.2 Å². The van der Waals surface area contributed by atoms with Gasteiger partial charge in [-0.05, 0) is 24.6 Å². The van der Waals surface area contributed by atoms with Gasteiger partial charge in [-0.1, -0.05) is 6.07 Å². The summed E-state index contributed by atoms with van der Waals surface area (Å²) in [6.45, 7) is 2.03. The van der Waals surface area contributed by atoms with Gasteiger partial charge in [0.1, 0.15) is 5.52 Å². The molecule has 1 N–H and O–H groups in total. The maximum atomic E-state index is 5.60. The largest absolute Gasteiger partial charge is 0.436 e. The van der Waals surface area contributed by atoms with Crippen LogP contribution in [0.1, 0.15) is 5.56 Å². The SMILES string of the molecule is Cc1ccc2oc(-c3cn[nH]c3)nc2c1. The third kappa shape index (κ3) is 1.30. The maximum Gasteiger partial charge on any atom is 0.230 e. The molecule has 0 aliphatic heterocycles. The lowest BCUT2D eigenvalue weighted by Crippen LogP contribution is -1.72. The molecule has 4 nitrogen and oxygen atoms in total. The summed E-state index contributed by atoms with van der Waals surface area (Å²) in [7, 11) is 0. The highest BCUT2D eigenvalue weighted by Crippen LogP contribution is 2.23. The number of benzene rings is 1. The minimum Gasteiger partial charge on any atom is -0.436 e. The second kappa shape index (κ2) is 2.95. The molecular formula is C11H9N3O. The fourth-order valence-corrected chi connectivity index (χ4v) is 1.53. The molecule has 74 valence electrons. The first-order valence-corrected chi connectivity index (χ1v) is 4.69. The van der Waals surface area contributed by atoms with Crippen LogP contribution in [0.2, 0.25) is 0 Å². The molecule has 0 atom stereocenters. The normalized spacial score (nSPS) is 11.0. The van der Waals surface area contributed by atoms with Gasteiger partial charge < -0.3 is 4.42 Å². The molecule has 0 spiro atoms. The predicted molar refractivity (Wildman–Crippen MR) is 56.3 cm³/mol. The van der Waals surface area contributed by atoms with E-state index in [1.54, 1.807) is 12.4 Å². The molecule has 2 heterocycles. The predicted octanol–water partition coefficient (Wildman–Crippen LogP) is 2.53. The van der Waals surface area contributed by atoms with Crippen molar-refractivity contribution in [2.24, 2.45) is 0 Å². The van der Waals surface area contributed by atoms with E-state index in [1.165, 1.54) is 5.56 Å². The first kappa shape index (κ1) is 8.23. The van der Waals surface area contributed by atoms with Crippen molar-refractivity contribution in [3.63, 3.8) is 0 Å². The summed E-state index contributed by atoms with van der Waals surface area (Å²) in [6, 6.07) is 5.94. The average Bonchev–Trinajstić information content (AvgIpc) is 2.84. The summed E-state index contributed by atoms with van der Waals surface area (Å²) in [5, 5.41) is 6.60. The van der Waals surface area contributed by atoms with Crippen LogP contribution < -0.4 is 0 Å². The van der Waals surface area contributed by atoms with Crippen molar-refractivity contribution in [3.8, 4) is 11.5 Å². The second-order valence-electron chi connectivity index (χ2n) is 3.48. The summed E-state index contributed by atoms with van der Waals surface area (Å²) in [6.07, 6.45) is 3.45. The van der Waals surface area contributed by atoms with Crippen molar-refractivity contribution in [2.45, 2.75) is 6.92 Å². The van der Waals surface area contributed by atoms with Crippen LogP contribution in [0.15, 0.2) is 35.0 Å². The van der Waals surface area contributed by atoms with Crippen LogP contribution >= 0.6 is 0 Å². The Balaban J connectivity index is 2.22. The Morgan fingerprint density at radius 1 is 1.33 bits per heavy atom. The fraction of sp³-hybridized carbons (Fsp3) is 0.0909. The molecule has 3 rings (SSSR count). The van der Waals surface area contributed by atoms with Crippen LogP contribution in [0.5, 0.6) is 0 Å². The van der Waals surface area contributed by atoms with Crippen molar-refractivity contribution < 1.29 is 4.42 Å². The van der Waals surface area contributed by atoms with E-state index in [4.69, 9.17) is 4.42 Å². The Morgan fingerprint density at radius 2 is 2.27 bits per heavy atom. The zero-order valence-corrected chi connectivity index (χ0v) is 8.19. The average molecular weight is 199 g/mol. The molecular weight excluding hydrogens is 190 g/mol. The molecule has 0 saturated carbocycles. The van der Waals surface area contributed by atoms with Crippen LogP contribution in [0, 0.1) is 6.92 Å². The monoisotopic (exact) mass is 199 g/mol. The molecule has 0 amide bonds. The van der Waals surface area contributed by atoms with E-state index in [1.807, 2.05) is 25.1 Å². The van der Waals surface area contributed by atoms with Crippen molar-refractivity contribution in [1.82, 2.24) is 15.2 Å². The van der Waals surface area contributed by atoms with Gasteiger partial charge in [0.05, 0.1) is 11.8 Å². The number of rotatable bonds is 1. The smallest absolute Gasteiger partial charge is 0.230 e. The van der Waals surface area contributed by atoms with Gasteiger partial charge in [0.15, 0.2) is 5.58 Å². The molecule has 15 heavy (non-hydrogen) atoms. The highest BCUT2D eigenvalue weighted by Gasteiger charge is 2.08. The van der Waals surface area contributed by atoms with Gasteiger partial charge in [-0.25, -0.2) is 4.98 Å². The molecule has 1 aromatic carbocycles. The van der Waals surface area contributed by atoms with Crippen molar-refractivity contribution in [3.05, 3.63) is 36.2 Å². The van der Waals surface area contributed by atoms with E-state index < -0.39 is 0 Å². The maximum absolute atomic E-state index is 5.60. The molecule has 2 aromatic heterocycles. The summed E-state index contributed by atoms with van der Waals surface area (Å²) in [5.41, 5.74) is 3.72. The summed E-state index contributed by atoms with van der Waals surface area (Å²) in [4.78, 5) is 4.39. The molecule has 3 aromatic rings. The first-order chi connectivity index (χ1) is 7.33. The summed E-state index contributed by atoms with van der Waals surface area (Å²) >= 11 is 0. The lowest BCUT2D eigenvalue weighted by molar-refractivity contribution is 0.620. The van der Waals surface area contributed by atoms with Crippen molar-refractivity contribution >= 4 is 11.1 Å². The van der Waals surface area contributed by atoms with Gasteiger partial charge in [-0.15, -0.1) is 0 Å². The Morgan fingerprint density at radius 3 is 3.07 bits per heavy atom. The molecule has 0 saturated heterocycles. The number of aromatic nitrogens is 3. The molecule has 0 bridgehead atoms. The lowest BCUT2D eigenvalue weighted by atomic mass is 10.2. The highest BCUT2D eigenvalue weighted by atomic mass is 16.3. The van der Waals surface area contributed by atoms with Crippen molar-refractivity contribution in [2.75, 3.05) is 0 Å². The Hall–Kier alpha value is -2.10. The van der Waals surface area contributed by atoms with Crippen LogP contribution in [0.25, 0.3) is 22.6 Å². The van der Waals surface area contributed by atoms with E-state index in [0.717, 1.165) is 16.7 Å². The van der Waals surface area contributed by atoms with Gasteiger partial charge in [0.2, 0.25) is 5.89 Å². The number of hydrogen-bond donors (Lipinski definition) is 1. The number of fused-ring (bicyclic) bond motifs is 1. The number of oxazole rings is 1. The van der Waals surface area contributed by atoms with Crippen molar-refractivity contribution in [1.29, 1.82) is 0 Å². The standard InChI is InChI=1S/C11H9N3O/c1-7-2-3-10-9(4-7)14-11(15-10)8-5-12-13-6-8/h2-6H,1H3,(H,12,13). The first-order valence-electron chi connectivity index (χ1n) is 4.69. The third-order valence-electron chi connectivity index (χ3n) is 2.29. The number of aryl methyl sites for hydroxylation is 1. The van der Waals surface area contributed by atoms with Gasteiger partial charge in [0, 0.05) is 6.20 Å². The lowest BCUT2D eigenvalue weighted by Gasteiger charge is -1.87. The minimum atomic E-state index is 0.601. The Labute approximate surface area is 85.9 Å². The van der Waals surface area contributed by atoms with E-state index in [9.17, 15) is 0 Å². The molecule has 0 radical (unpaired) electrons.